The maximum Gasteiger partial charge on any atom is 0.437 e. The molecule has 0 unspecified atom stereocenters. The van der Waals surface area contributed by atoms with Crippen LogP contribution in [0.2, 0.25) is 0 Å². The van der Waals surface area contributed by atoms with Crippen molar-refractivity contribution in [1.82, 2.24) is 5.32 Å². The van der Waals surface area contributed by atoms with Gasteiger partial charge in [-0.25, -0.2) is 14.4 Å². The van der Waals surface area contributed by atoms with Gasteiger partial charge in [-0.1, -0.05) is 97.4 Å². The minimum absolute atomic E-state index is 0.305. The first-order valence-corrected chi connectivity index (χ1v) is 22.4. The van der Waals surface area contributed by atoms with Gasteiger partial charge in [-0.05, 0) is 114 Å². The first kappa shape index (κ1) is 50.5. The van der Waals surface area contributed by atoms with E-state index in [1.165, 1.54) is 36.4 Å². The van der Waals surface area contributed by atoms with E-state index in [1.54, 1.807) is 94.4 Å². The standard InChI is InChI=1S/C48H55F3N2O10S/c1-35-25-31-40(32-26-35)64(57,58)63-53-43(48(49,50)51)36-27-29-39(30-28-36)59-33-19-11-9-7-5-6-8-10-18-24-42(61-45(55)38-22-16-13-17-23-38)41(52-46(56)62-47(2,3)4)34-60-44(54)37-20-14-12-15-21-37/h12-18,20-32,41-42H,5-11,19,33-34H2,1-4H3,(H,52,56)/b24-18+,53-43+/t41-,42+/m0/s1. The van der Waals surface area contributed by atoms with Crippen molar-refractivity contribution in [3.8, 4) is 5.75 Å². The van der Waals surface area contributed by atoms with Crippen LogP contribution in [0.3, 0.4) is 0 Å². The number of carbonyl (C=O) groups excluding carboxylic acids is 3. The van der Waals surface area contributed by atoms with Gasteiger partial charge in [0.2, 0.25) is 0 Å². The predicted molar refractivity (Wildman–Crippen MR) is 236 cm³/mol. The monoisotopic (exact) mass is 908 g/mol. The SMILES string of the molecule is Cc1ccc(S(=O)(=O)O/N=C(\c2ccc(OCCCCCCCCC/C=C/[C@@H](OC(=O)c3ccccc3)[C@H](COC(=O)c3ccccc3)NC(=O)OC(C)(C)C)cc2)C(F)(F)F)cc1. The number of alkyl halides is 3. The number of ether oxygens (including phenoxy) is 4. The van der Waals surface area contributed by atoms with Crippen LogP contribution in [0, 0.1) is 6.92 Å². The fourth-order valence-corrected chi connectivity index (χ4v) is 6.73. The fraction of sp³-hybridized carbons (Fsp3) is 0.375. The number of carbonyl (C=O) groups is 3. The van der Waals surface area contributed by atoms with Gasteiger partial charge in [0.1, 0.15) is 35.0 Å². The van der Waals surface area contributed by atoms with E-state index < -0.39 is 57.8 Å². The summed E-state index contributed by atoms with van der Waals surface area (Å²) in [4.78, 5) is 38.6. The number of rotatable bonds is 23. The highest BCUT2D eigenvalue weighted by molar-refractivity contribution is 7.86. The van der Waals surface area contributed by atoms with Crippen LogP contribution in [0.15, 0.2) is 131 Å². The Labute approximate surface area is 372 Å². The number of nitrogens with zero attached hydrogens (tertiary/aromatic N) is 1. The Morgan fingerprint density at radius 1 is 0.719 bits per heavy atom. The molecule has 2 atom stereocenters. The third-order valence-corrected chi connectivity index (χ3v) is 10.4. The quantitative estimate of drug-likeness (QED) is 0.0190. The van der Waals surface area contributed by atoms with Crippen LogP contribution in [0.5, 0.6) is 5.75 Å². The maximum atomic E-state index is 13.8. The summed E-state index contributed by atoms with van der Waals surface area (Å²) in [6, 6.07) is 26.2. The molecule has 0 bridgehead atoms. The van der Waals surface area contributed by atoms with Crippen molar-refractivity contribution in [2.45, 2.75) is 108 Å². The number of nitrogens with one attached hydrogen (secondary N) is 1. The third kappa shape index (κ3) is 17.9. The van der Waals surface area contributed by atoms with Crippen molar-refractivity contribution in [1.29, 1.82) is 0 Å². The Hall–Kier alpha value is -6.16. The van der Waals surface area contributed by atoms with Crippen LogP contribution >= 0.6 is 0 Å². The van der Waals surface area contributed by atoms with Gasteiger partial charge in [0, 0.05) is 5.56 Å². The number of amides is 1. The number of benzene rings is 4. The Morgan fingerprint density at radius 3 is 1.86 bits per heavy atom. The van der Waals surface area contributed by atoms with Crippen molar-refractivity contribution in [2.24, 2.45) is 5.16 Å². The van der Waals surface area contributed by atoms with Crippen LogP contribution in [-0.2, 0) is 28.6 Å². The zero-order valence-corrected chi connectivity index (χ0v) is 37.2. The Kier molecular flexibility index (Phi) is 19.4. The maximum absolute atomic E-state index is 13.8. The molecule has 0 radical (unpaired) electrons. The molecule has 0 aliphatic heterocycles. The molecule has 0 aliphatic carbocycles. The van der Waals surface area contributed by atoms with E-state index in [9.17, 15) is 36.0 Å². The van der Waals surface area contributed by atoms with Crippen LogP contribution in [0.25, 0.3) is 0 Å². The van der Waals surface area contributed by atoms with Gasteiger partial charge >= 0.3 is 34.3 Å². The lowest BCUT2D eigenvalue weighted by Crippen LogP contribution is -2.49. The molecule has 1 N–H and O–H groups in total. The molecular formula is C48H55F3N2O10S. The number of unbranched alkanes of at least 4 members (excludes halogenated alkanes) is 7. The molecule has 0 fully saturated rings. The summed E-state index contributed by atoms with van der Waals surface area (Å²) in [5.41, 5.74) is -1.30. The van der Waals surface area contributed by atoms with Gasteiger partial charge in [-0.2, -0.15) is 21.6 Å². The van der Waals surface area contributed by atoms with Crippen LogP contribution in [0.1, 0.15) is 104 Å². The molecule has 0 aromatic heterocycles. The molecule has 4 aromatic rings. The molecule has 12 nitrogen and oxygen atoms in total. The van der Waals surface area contributed by atoms with E-state index in [1.807, 2.05) is 6.08 Å². The highest BCUT2D eigenvalue weighted by Gasteiger charge is 2.38. The van der Waals surface area contributed by atoms with E-state index in [-0.39, 0.29) is 17.1 Å². The van der Waals surface area contributed by atoms with E-state index in [0.717, 1.165) is 62.6 Å². The summed E-state index contributed by atoms with van der Waals surface area (Å²) in [5.74, 6) is -0.876. The second-order valence-corrected chi connectivity index (χ2v) is 17.3. The minimum Gasteiger partial charge on any atom is -0.494 e. The summed E-state index contributed by atoms with van der Waals surface area (Å²) < 4.78 is 93.3. The van der Waals surface area contributed by atoms with E-state index in [0.29, 0.717) is 29.9 Å². The number of hydrogen-bond acceptors (Lipinski definition) is 11. The van der Waals surface area contributed by atoms with Gasteiger partial charge in [-0.15, -0.1) is 0 Å². The number of aryl methyl sites for hydroxylation is 1. The summed E-state index contributed by atoms with van der Waals surface area (Å²) >= 11 is 0. The first-order valence-electron chi connectivity index (χ1n) is 20.9. The van der Waals surface area contributed by atoms with Gasteiger partial charge < -0.3 is 24.3 Å². The lowest BCUT2D eigenvalue weighted by molar-refractivity contribution is -0.0597. The number of oxime groups is 1. The van der Waals surface area contributed by atoms with Crippen LogP contribution in [0.4, 0.5) is 18.0 Å². The number of allylic oxidation sites excluding steroid dienone is 1. The van der Waals surface area contributed by atoms with Crippen molar-refractivity contribution >= 4 is 33.9 Å². The molecule has 4 rings (SSSR count). The molecule has 0 spiro atoms. The normalized spacial score (nSPS) is 13.1. The Morgan fingerprint density at radius 2 is 1.28 bits per heavy atom. The van der Waals surface area contributed by atoms with Gasteiger partial charge in [0.15, 0.2) is 5.71 Å². The predicted octanol–water partition coefficient (Wildman–Crippen LogP) is 10.7. The van der Waals surface area contributed by atoms with Crippen molar-refractivity contribution in [3.63, 3.8) is 0 Å². The minimum atomic E-state index is -4.99. The molecule has 4 aromatic carbocycles. The third-order valence-electron chi connectivity index (χ3n) is 9.30. The zero-order valence-electron chi connectivity index (χ0n) is 36.3. The first-order chi connectivity index (χ1) is 30.4. The molecule has 344 valence electrons. The molecule has 1 amide bonds. The van der Waals surface area contributed by atoms with E-state index in [2.05, 4.69) is 14.8 Å². The largest absolute Gasteiger partial charge is 0.494 e. The second kappa shape index (κ2) is 24.6. The molecule has 64 heavy (non-hydrogen) atoms. The highest BCUT2D eigenvalue weighted by atomic mass is 32.2. The van der Waals surface area contributed by atoms with Gasteiger partial charge in [0.05, 0.1) is 17.7 Å². The van der Waals surface area contributed by atoms with Crippen LogP contribution in [-0.4, -0.2) is 69.3 Å². The van der Waals surface area contributed by atoms with Gasteiger partial charge in [0.25, 0.3) is 0 Å². The molecule has 0 saturated heterocycles. The topological polar surface area (TPSA) is 156 Å². The smallest absolute Gasteiger partial charge is 0.437 e. The lowest BCUT2D eigenvalue weighted by atomic mass is 10.1. The lowest BCUT2D eigenvalue weighted by Gasteiger charge is -2.27. The van der Waals surface area contributed by atoms with E-state index >= 15 is 0 Å². The number of hydrogen-bond donors (Lipinski definition) is 1. The number of alkyl carbamates (subject to hydrolysis) is 1. The molecule has 16 heteroatoms. The molecule has 0 saturated carbocycles. The summed E-state index contributed by atoms with van der Waals surface area (Å²) in [7, 11) is -4.57. The van der Waals surface area contributed by atoms with E-state index in [4.69, 9.17) is 18.9 Å². The molecular weight excluding hydrogens is 854 g/mol. The summed E-state index contributed by atoms with van der Waals surface area (Å²) in [6.07, 6.45) is 3.74. The second-order valence-electron chi connectivity index (χ2n) is 15.8. The average Bonchev–Trinajstić information content (AvgIpc) is 3.25. The summed E-state index contributed by atoms with van der Waals surface area (Å²) in [5, 5.41) is 5.70. The molecule has 0 heterocycles. The van der Waals surface area contributed by atoms with Crippen molar-refractivity contribution in [3.05, 3.63) is 144 Å². The van der Waals surface area contributed by atoms with Crippen molar-refractivity contribution in [2.75, 3.05) is 13.2 Å². The Balaban J connectivity index is 1.23. The number of halogens is 3. The number of esters is 2. The summed E-state index contributed by atoms with van der Waals surface area (Å²) in [6.45, 7) is 6.93. The fourth-order valence-electron chi connectivity index (χ4n) is 6.00. The highest BCUT2D eigenvalue weighted by Crippen LogP contribution is 2.26. The molecule has 0 aliphatic rings. The average molecular weight is 909 g/mol. The Bertz CT molecular complexity index is 2250. The van der Waals surface area contributed by atoms with Crippen LogP contribution < -0.4 is 10.1 Å². The zero-order chi connectivity index (χ0) is 46.6. The van der Waals surface area contributed by atoms with Gasteiger partial charge in [-0.3, -0.25) is 4.28 Å². The van der Waals surface area contributed by atoms with Crippen molar-refractivity contribution < 1.29 is 59.2 Å².